The summed E-state index contributed by atoms with van der Waals surface area (Å²) in [6.07, 6.45) is 4.22. The molecule has 0 amide bonds. The average Bonchev–Trinajstić information content (AvgIpc) is 2.31. The second-order valence-corrected chi connectivity index (χ2v) is 6.66. The van der Waals surface area contributed by atoms with E-state index in [1.807, 2.05) is 6.07 Å². The van der Waals surface area contributed by atoms with Crippen LogP contribution in [0.4, 0.5) is 4.39 Å². The van der Waals surface area contributed by atoms with Crippen LogP contribution >= 0.6 is 11.8 Å². The normalized spacial score (nSPS) is 26.0. The number of aliphatic hydroxyl groups is 1. The fourth-order valence-corrected chi connectivity index (χ4v) is 4.23. The second-order valence-electron chi connectivity index (χ2n) is 5.35. The molecule has 3 atom stereocenters. The topological polar surface area (TPSA) is 20.2 Å². The minimum Gasteiger partial charge on any atom is -0.389 e. The van der Waals surface area contributed by atoms with E-state index in [-0.39, 0.29) is 5.82 Å². The Morgan fingerprint density at radius 3 is 2.83 bits per heavy atom. The number of thioether (sulfide) groups is 1. The quantitative estimate of drug-likeness (QED) is 0.868. The first kappa shape index (κ1) is 13.9. The van der Waals surface area contributed by atoms with Gasteiger partial charge in [-0.2, -0.15) is 0 Å². The van der Waals surface area contributed by atoms with Crippen LogP contribution in [-0.2, 0) is 0 Å². The largest absolute Gasteiger partial charge is 0.389 e. The number of halogens is 1. The van der Waals surface area contributed by atoms with Gasteiger partial charge in [-0.1, -0.05) is 31.9 Å². The van der Waals surface area contributed by atoms with Crippen LogP contribution in [0.3, 0.4) is 0 Å². The fourth-order valence-electron chi connectivity index (χ4n) is 2.63. The second kappa shape index (κ2) is 6.07. The molecule has 0 aliphatic heterocycles. The molecule has 0 radical (unpaired) electrons. The van der Waals surface area contributed by atoms with Crippen molar-refractivity contribution >= 4 is 11.8 Å². The maximum atomic E-state index is 13.9. The van der Waals surface area contributed by atoms with Crippen molar-refractivity contribution in [1.82, 2.24) is 0 Å². The van der Waals surface area contributed by atoms with Crippen LogP contribution in [0.5, 0.6) is 0 Å². The number of aliphatic hydroxyl groups excluding tert-OH is 1. The van der Waals surface area contributed by atoms with Crippen LogP contribution in [0.15, 0.2) is 23.1 Å². The van der Waals surface area contributed by atoms with Gasteiger partial charge in [-0.3, -0.25) is 0 Å². The van der Waals surface area contributed by atoms with Crippen molar-refractivity contribution in [3.05, 3.63) is 29.6 Å². The summed E-state index contributed by atoms with van der Waals surface area (Å²) in [5, 5.41) is 10.2. The molecule has 1 nitrogen and oxygen atoms in total. The van der Waals surface area contributed by atoms with Crippen molar-refractivity contribution in [2.24, 2.45) is 5.92 Å². The Balaban J connectivity index is 2.17. The Bertz CT molecular complexity index is 405. The van der Waals surface area contributed by atoms with Gasteiger partial charge in [0.15, 0.2) is 0 Å². The maximum absolute atomic E-state index is 13.9. The van der Waals surface area contributed by atoms with Gasteiger partial charge in [0.1, 0.15) is 5.82 Å². The average molecular weight is 268 g/mol. The summed E-state index contributed by atoms with van der Waals surface area (Å²) in [5.74, 6) is 0.537. The van der Waals surface area contributed by atoms with Crippen LogP contribution in [0.25, 0.3) is 0 Å². The predicted octanol–water partition coefficient (Wildman–Crippen LogP) is 4.55. The molecule has 18 heavy (non-hydrogen) atoms. The lowest BCUT2D eigenvalue weighted by molar-refractivity contribution is 0.195. The third-order valence-corrected chi connectivity index (χ3v) is 5.05. The van der Waals surface area contributed by atoms with E-state index >= 15 is 0 Å². The van der Waals surface area contributed by atoms with Crippen LogP contribution in [0.1, 0.15) is 51.2 Å². The molecule has 1 N–H and O–H groups in total. The third-order valence-electron chi connectivity index (χ3n) is 3.62. The SMILES string of the molecule is CC1CCCC(Sc2c(F)cccc2C(C)O)C1. The summed E-state index contributed by atoms with van der Waals surface area (Å²) < 4.78 is 13.9. The van der Waals surface area contributed by atoms with E-state index in [0.717, 1.165) is 24.3 Å². The minimum atomic E-state index is -0.607. The van der Waals surface area contributed by atoms with Gasteiger partial charge in [-0.05, 0) is 37.3 Å². The molecule has 0 heterocycles. The molecule has 2 rings (SSSR count). The van der Waals surface area contributed by atoms with Gasteiger partial charge in [0.05, 0.1) is 6.10 Å². The Kier molecular flexibility index (Phi) is 4.68. The number of rotatable bonds is 3. The van der Waals surface area contributed by atoms with Gasteiger partial charge in [-0.25, -0.2) is 4.39 Å². The van der Waals surface area contributed by atoms with E-state index in [2.05, 4.69) is 6.92 Å². The minimum absolute atomic E-state index is 0.198. The highest BCUT2D eigenvalue weighted by molar-refractivity contribution is 8.00. The standard InChI is InChI=1S/C15H21FOS/c1-10-5-3-6-12(9-10)18-15-13(11(2)17)7-4-8-14(15)16/h4,7-8,10-12,17H,3,5-6,9H2,1-2H3. The lowest BCUT2D eigenvalue weighted by Gasteiger charge is -2.27. The van der Waals surface area contributed by atoms with Crippen molar-refractivity contribution in [1.29, 1.82) is 0 Å². The van der Waals surface area contributed by atoms with Crippen molar-refractivity contribution < 1.29 is 9.50 Å². The van der Waals surface area contributed by atoms with Gasteiger partial charge in [0.2, 0.25) is 0 Å². The molecule has 1 saturated carbocycles. The Labute approximate surface area is 113 Å². The molecule has 3 unspecified atom stereocenters. The molecule has 0 bridgehead atoms. The molecule has 1 aromatic rings. The van der Waals surface area contributed by atoms with E-state index in [1.165, 1.54) is 18.9 Å². The molecule has 0 saturated heterocycles. The molecule has 100 valence electrons. The summed E-state index contributed by atoms with van der Waals surface area (Å²) in [5.41, 5.74) is 0.721. The Morgan fingerprint density at radius 1 is 1.39 bits per heavy atom. The maximum Gasteiger partial charge on any atom is 0.137 e. The Hall–Kier alpha value is -0.540. The summed E-state index contributed by atoms with van der Waals surface area (Å²) in [7, 11) is 0. The molecule has 1 aliphatic carbocycles. The highest BCUT2D eigenvalue weighted by Crippen LogP contribution is 2.39. The molecular formula is C15H21FOS. The van der Waals surface area contributed by atoms with Gasteiger partial charge >= 0.3 is 0 Å². The summed E-state index contributed by atoms with van der Waals surface area (Å²) in [6.45, 7) is 3.96. The van der Waals surface area contributed by atoms with Crippen molar-refractivity contribution in [3.63, 3.8) is 0 Å². The molecule has 1 aromatic carbocycles. The van der Waals surface area contributed by atoms with Gasteiger partial charge < -0.3 is 5.11 Å². The fraction of sp³-hybridized carbons (Fsp3) is 0.600. The van der Waals surface area contributed by atoms with Gasteiger partial charge in [-0.15, -0.1) is 11.8 Å². The summed E-state index contributed by atoms with van der Waals surface area (Å²) in [6, 6.07) is 4.98. The highest BCUT2D eigenvalue weighted by atomic mass is 32.2. The number of hydrogen-bond donors (Lipinski definition) is 1. The zero-order valence-corrected chi connectivity index (χ0v) is 11.8. The van der Waals surface area contributed by atoms with Gasteiger partial charge in [0.25, 0.3) is 0 Å². The van der Waals surface area contributed by atoms with E-state index < -0.39 is 6.10 Å². The lowest BCUT2D eigenvalue weighted by atomic mass is 9.91. The van der Waals surface area contributed by atoms with Crippen molar-refractivity contribution in [2.45, 2.75) is 55.8 Å². The van der Waals surface area contributed by atoms with E-state index in [1.54, 1.807) is 24.8 Å². The molecular weight excluding hydrogens is 247 g/mol. The van der Waals surface area contributed by atoms with E-state index in [9.17, 15) is 9.50 Å². The smallest absolute Gasteiger partial charge is 0.137 e. The van der Waals surface area contributed by atoms with E-state index in [0.29, 0.717) is 10.1 Å². The first-order valence-corrected chi connectivity index (χ1v) is 7.59. The van der Waals surface area contributed by atoms with Crippen LogP contribution in [-0.4, -0.2) is 10.4 Å². The zero-order chi connectivity index (χ0) is 13.1. The number of benzene rings is 1. The summed E-state index contributed by atoms with van der Waals surface area (Å²) >= 11 is 1.61. The molecule has 1 fully saturated rings. The first-order chi connectivity index (χ1) is 8.58. The number of hydrogen-bond acceptors (Lipinski definition) is 2. The lowest BCUT2D eigenvalue weighted by Crippen LogP contribution is -2.15. The van der Waals surface area contributed by atoms with Crippen LogP contribution in [0.2, 0.25) is 0 Å². The predicted molar refractivity (Wildman–Crippen MR) is 74.3 cm³/mol. The highest BCUT2D eigenvalue weighted by Gasteiger charge is 2.23. The van der Waals surface area contributed by atoms with Crippen molar-refractivity contribution in [2.75, 3.05) is 0 Å². The van der Waals surface area contributed by atoms with Gasteiger partial charge in [0, 0.05) is 10.1 Å². The molecule has 0 spiro atoms. The van der Waals surface area contributed by atoms with Crippen LogP contribution in [0, 0.1) is 11.7 Å². The third kappa shape index (κ3) is 3.27. The van der Waals surface area contributed by atoms with Crippen LogP contribution < -0.4 is 0 Å². The summed E-state index contributed by atoms with van der Waals surface area (Å²) in [4.78, 5) is 0.645. The molecule has 1 aliphatic rings. The molecule has 3 heteroatoms. The Morgan fingerprint density at radius 2 is 2.17 bits per heavy atom. The monoisotopic (exact) mass is 268 g/mol. The molecule has 0 aromatic heterocycles. The van der Waals surface area contributed by atoms with E-state index in [4.69, 9.17) is 0 Å². The van der Waals surface area contributed by atoms with Crippen molar-refractivity contribution in [3.8, 4) is 0 Å². The zero-order valence-electron chi connectivity index (χ0n) is 11.0. The first-order valence-electron chi connectivity index (χ1n) is 6.71.